The van der Waals surface area contributed by atoms with Crippen LogP contribution >= 0.6 is 0 Å². The molecule has 0 spiro atoms. The summed E-state index contributed by atoms with van der Waals surface area (Å²) >= 11 is 0. The first-order valence-corrected chi connectivity index (χ1v) is 5.34. The van der Waals surface area contributed by atoms with E-state index in [4.69, 9.17) is 9.15 Å². The van der Waals surface area contributed by atoms with E-state index in [0.717, 1.165) is 10.8 Å². The number of nitro benzene ring substituents is 1. The summed E-state index contributed by atoms with van der Waals surface area (Å²) < 4.78 is 10.7. The highest BCUT2D eigenvalue weighted by Crippen LogP contribution is 2.32. The quantitative estimate of drug-likeness (QED) is 0.510. The number of methoxy groups -OCH3 is 1. The lowest BCUT2D eigenvalue weighted by Crippen LogP contribution is -1.85. The van der Waals surface area contributed by atoms with Gasteiger partial charge in [-0.15, -0.1) is 0 Å². The van der Waals surface area contributed by atoms with E-state index in [1.54, 1.807) is 19.2 Å². The zero-order valence-electron chi connectivity index (χ0n) is 9.54. The Morgan fingerprint density at radius 1 is 1.11 bits per heavy atom. The lowest BCUT2D eigenvalue weighted by atomic mass is 10.1. The number of ether oxygens (including phenoxy) is 1. The van der Waals surface area contributed by atoms with Gasteiger partial charge in [-0.05, 0) is 18.2 Å². The molecule has 0 fully saturated rings. The van der Waals surface area contributed by atoms with Crippen LogP contribution in [0.15, 0.2) is 40.8 Å². The van der Waals surface area contributed by atoms with Crippen LogP contribution in [0.2, 0.25) is 0 Å². The number of benzene rings is 2. The number of hydrogen-bond acceptors (Lipinski definition) is 4. The summed E-state index contributed by atoms with van der Waals surface area (Å²) in [6.07, 6.45) is 0. The fraction of sp³-hybridized carbons (Fsp3) is 0.0769. The van der Waals surface area contributed by atoms with E-state index in [9.17, 15) is 10.1 Å². The Balaban J connectivity index is 2.31. The molecule has 5 nitrogen and oxygen atoms in total. The number of nitro groups is 1. The van der Waals surface area contributed by atoms with Crippen molar-refractivity contribution in [2.75, 3.05) is 7.11 Å². The number of rotatable bonds is 2. The van der Waals surface area contributed by atoms with E-state index in [-0.39, 0.29) is 5.69 Å². The Labute approximate surface area is 102 Å². The van der Waals surface area contributed by atoms with Crippen molar-refractivity contribution in [3.05, 3.63) is 46.5 Å². The lowest BCUT2D eigenvalue weighted by Gasteiger charge is -1.97. The summed E-state index contributed by atoms with van der Waals surface area (Å²) in [5, 5.41) is 12.5. The van der Waals surface area contributed by atoms with Crippen molar-refractivity contribution in [1.82, 2.24) is 0 Å². The second-order valence-corrected chi connectivity index (χ2v) is 3.90. The van der Waals surface area contributed by atoms with Gasteiger partial charge < -0.3 is 9.15 Å². The molecule has 0 saturated carbocycles. The van der Waals surface area contributed by atoms with Crippen molar-refractivity contribution in [3.8, 4) is 5.75 Å². The molecule has 0 radical (unpaired) electrons. The number of fused-ring (bicyclic) bond motifs is 3. The second kappa shape index (κ2) is 3.73. The highest BCUT2D eigenvalue weighted by molar-refractivity contribution is 6.05. The molecule has 0 atom stereocenters. The Bertz CT molecular complexity index is 760. The highest BCUT2D eigenvalue weighted by Gasteiger charge is 2.12. The zero-order chi connectivity index (χ0) is 12.7. The maximum absolute atomic E-state index is 10.7. The maximum atomic E-state index is 10.7. The van der Waals surface area contributed by atoms with Crippen LogP contribution in [-0.2, 0) is 0 Å². The third-order valence-electron chi connectivity index (χ3n) is 2.87. The van der Waals surface area contributed by atoms with Gasteiger partial charge in [-0.2, -0.15) is 0 Å². The molecule has 18 heavy (non-hydrogen) atoms. The van der Waals surface area contributed by atoms with Crippen LogP contribution < -0.4 is 4.74 Å². The van der Waals surface area contributed by atoms with Gasteiger partial charge in [0.05, 0.1) is 18.1 Å². The van der Waals surface area contributed by atoms with Crippen LogP contribution in [0.5, 0.6) is 5.75 Å². The van der Waals surface area contributed by atoms with E-state index in [2.05, 4.69) is 0 Å². The Morgan fingerprint density at radius 2 is 1.78 bits per heavy atom. The van der Waals surface area contributed by atoms with E-state index < -0.39 is 4.92 Å². The molecule has 0 aliphatic rings. The molecular weight excluding hydrogens is 234 g/mol. The van der Waals surface area contributed by atoms with Crippen LogP contribution in [0.3, 0.4) is 0 Å². The Morgan fingerprint density at radius 3 is 2.44 bits per heavy atom. The molecule has 0 unspecified atom stereocenters. The van der Waals surface area contributed by atoms with Gasteiger partial charge in [-0.3, -0.25) is 10.1 Å². The van der Waals surface area contributed by atoms with Crippen molar-refractivity contribution in [3.63, 3.8) is 0 Å². The van der Waals surface area contributed by atoms with Crippen molar-refractivity contribution in [1.29, 1.82) is 0 Å². The van der Waals surface area contributed by atoms with Crippen molar-refractivity contribution in [2.24, 2.45) is 0 Å². The molecule has 0 aliphatic heterocycles. The highest BCUT2D eigenvalue weighted by atomic mass is 16.6. The fourth-order valence-electron chi connectivity index (χ4n) is 1.99. The summed E-state index contributed by atoms with van der Waals surface area (Å²) in [5.41, 5.74) is 1.19. The lowest BCUT2D eigenvalue weighted by molar-refractivity contribution is -0.384. The summed E-state index contributed by atoms with van der Waals surface area (Å²) in [6.45, 7) is 0. The molecule has 90 valence electrons. The van der Waals surface area contributed by atoms with Gasteiger partial charge in [-0.1, -0.05) is 0 Å². The van der Waals surface area contributed by atoms with Crippen molar-refractivity contribution < 1.29 is 14.1 Å². The van der Waals surface area contributed by atoms with E-state index in [1.165, 1.54) is 12.1 Å². The molecule has 0 bridgehead atoms. The summed E-state index contributed by atoms with van der Waals surface area (Å²) in [4.78, 5) is 10.3. The smallest absolute Gasteiger partial charge is 0.273 e. The molecule has 3 rings (SSSR count). The largest absolute Gasteiger partial charge is 0.497 e. The van der Waals surface area contributed by atoms with Gasteiger partial charge in [0.1, 0.15) is 16.9 Å². The standard InChI is InChI=1S/C13H9NO4/c1-17-9-3-5-11-10-4-2-8(14(15)16)6-12(10)18-13(11)7-9/h2-7H,1H3. The molecule has 0 saturated heterocycles. The number of furan rings is 1. The molecule has 3 aromatic rings. The molecule has 5 heteroatoms. The fourth-order valence-corrected chi connectivity index (χ4v) is 1.99. The first kappa shape index (κ1) is 10.6. The van der Waals surface area contributed by atoms with Gasteiger partial charge in [0.15, 0.2) is 0 Å². The van der Waals surface area contributed by atoms with Crippen LogP contribution in [0.4, 0.5) is 5.69 Å². The zero-order valence-corrected chi connectivity index (χ0v) is 9.54. The minimum Gasteiger partial charge on any atom is -0.497 e. The molecular formula is C13H9NO4. The molecule has 0 amide bonds. The summed E-state index contributed by atoms with van der Waals surface area (Å²) in [5.74, 6) is 0.691. The van der Waals surface area contributed by atoms with Crippen molar-refractivity contribution in [2.45, 2.75) is 0 Å². The van der Waals surface area contributed by atoms with Gasteiger partial charge in [0, 0.05) is 22.9 Å². The predicted octanol–water partition coefficient (Wildman–Crippen LogP) is 3.50. The van der Waals surface area contributed by atoms with Crippen molar-refractivity contribution >= 4 is 27.6 Å². The second-order valence-electron chi connectivity index (χ2n) is 3.90. The van der Waals surface area contributed by atoms with Crippen LogP contribution in [0.25, 0.3) is 21.9 Å². The van der Waals surface area contributed by atoms with Crippen LogP contribution in [0.1, 0.15) is 0 Å². The number of nitrogens with zero attached hydrogens (tertiary/aromatic N) is 1. The average molecular weight is 243 g/mol. The first-order chi connectivity index (χ1) is 8.69. The van der Waals surface area contributed by atoms with Gasteiger partial charge in [0.2, 0.25) is 0 Å². The van der Waals surface area contributed by atoms with E-state index in [0.29, 0.717) is 16.9 Å². The number of non-ortho nitro benzene ring substituents is 1. The molecule has 0 N–H and O–H groups in total. The topological polar surface area (TPSA) is 65.5 Å². The molecule has 0 aliphatic carbocycles. The Hall–Kier alpha value is -2.56. The predicted molar refractivity (Wildman–Crippen MR) is 66.9 cm³/mol. The normalized spacial score (nSPS) is 10.9. The molecule has 2 aromatic carbocycles. The molecule has 1 heterocycles. The minimum atomic E-state index is -0.437. The Kier molecular flexibility index (Phi) is 2.19. The number of hydrogen-bond donors (Lipinski definition) is 0. The third kappa shape index (κ3) is 1.48. The van der Waals surface area contributed by atoms with Crippen LogP contribution in [0, 0.1) is 10.1 Å². The SMILES string of the molecule is COc1ccc2c(c1)oc1cc([N+](=O)[O-])ccc12. The maximum Gasteiger partial charge on any atom is 0.273 e. The minimum absolute atomic E-state index is 0.0218. The third-order valence-corrected chi connectivity index (χ3v) is 2.87. The van der Waals surface area contributed by atoms with Gasteiger partial charge >= 0.3 is 0 Å². The first-order valence-electron chi connectivity index (χ1n) is 5.34. The average Bonchev–Trinajstić information content (AvgIpc) is 2.74. The van der Waals surface area contributed by atoms with E-state index in [1.807, 2.05) is 12.1 Å². The van der Waals surface area contributed by atoms with E-state index >= 15 is 0 Å². The summed E-state index contributed by atoms with van der Waals surface area (Å²) in [6, 6.07) is 10.1. The van der Waals surface area contributed by atoms with Gasteiger partial charge in [-0.25, -0.2) is 0 Å². The van der Waals surface area contributed by atoms with Gasteiger partial charge in [0.25, 0.3) is 5.69 Å². The van der Waals surface area contributed by atoms with Crippen LogP contribution in [-0.4, -0.2) is 12.0 Å². The monoisotopic (exact) mass is 243 g/mol. The molecule has 1 aromatic heterocycles. The summed E-state index contributed by atoms with van der Waals surface area (Å²) in [7, 11) is 1.58.